The molecule has 0 spiro atoms. The molecule has 26 heavy (non-hydrogen) atoms. The maximum Gasteiger partial charge on any atom is 0.317 e. The molecule has 2 aromatic rings. The minimum Gasteiger partial charge on any atom is -0.337 e. The quantitative estimate of drug-likeness (QED) is 0.887. The zero-order chi connectivity index (χ0) is 17.9. The molecule has 0 unspecified atom stereocenters. The van der Waals surface area contributed by atoms with Crippen molar-refractivity contribution in [2.24, 2.45) is 0 Å². The molecule has 2 N–H and O–H groups in total. The topological polar surface area (TPSA) is 68.4 Å². The van der Waals surface area contributed by atoms with Crippen LogP contribution in [0.25, 0.3) is 10.8 Å². The summed E-state index contributed by atoms with van der Waals surface area (Å²) < 4.78 is 0. The molecule has 0 bridgehead atoms. The van der Waals surface area contributed by atoms with E-state index in [9.17, 15) is 9.59 Å². The first-order chi connectivity index (χ1) is 12.7. The highest BCUT2D eigenvalue weighted by Gasteiger charge is 2.23. The fourth-order valence-corrected chi connectivity index (χ4v) is 4.09. The van der Waals surface area contributed by atoms with Gasteiger partial charge in [0.25, 0.3) is 5.56 Å². The van der Waals surface area contributed by atoms with Crippen LogP contribution in [0.15, 0.2) is 29.1 Å². The maximum absolute atomic E-state index is 12.6. The fourth-order valence-electron chi connectivity index (χ4n) is 4.09. The summed E-state index contributed by atoms with van der Waals surface area (Å²) in [5.74, 6) is 0. The number of hydrogen-bond donors (Lipinski definition) is 2. The van der Waals surface area contributed by atoms with Gasteiger partial charge in [0.1, 0.15) is 0 Å². The summed E-state index contributed by atoms with van der Waals surface area (Å²) in [4.78, 5) is 32.1. The van der Waals surface area contributed by atoms with Crippen molar-refractivity contribution in [3.8, 4) is 0 Å². The minimum absolute atomic E-state index is 0.0112. The first-order valence-corrected chi connectivity index (χ1v) is 9.60. The van der Waals surface area contributed by atoms with Crippen molar-refractivity contribution in [1.29, 1.82) is 0 Å². The molecule has 0 aliphatic carbocycles. The molecule has 4 rings (SSSR count). The van der Waals surface area contributed by atoms with E-state index in [1.807, 2.05) is 29.2 Å². The Morgan fingerprint density at radius 1 is 1.08 bits per heavy atom. The predicted molar refractivity (Wildman–Crippen MR) is 102 cm³/mol. The second kappa shape index (κ2) is 7.50. The summed E-state index contributed by atoms with van der Waals surface area (Å²) in [7, 11) is 0. The Balaban J connectivity index is 1.42. The average Bonchev–Trinajstić information content (AvgIpc) is 2.69. The van der Waals surface area contributed by atoms with Crippen LogP contribution in [0, 0.1) is 0 Å². The first-order valence-electron chi connectivity index (χ1n) is 9.60. The van der Waals surface area contributed by atoms with E-state index in [1.165, 1.54) is 19.3 Å². The number of carbonyl (C=O) groups is 1. The van der Waals surface area contributed by atoms with Crippen LogP contribution in [0.4, 0.5) is 4.79 Å². The van der Waals surface area contributed by atoms with Gasteiger partial charge in [-0.2, -0.15) is 0 Å². The molecular formula is C20H26N4O2. The highest BCUT2D eigenvalue weighted by Crippen LogP contribution is 2.23. The van der Waals surface area contributed by atoms with Gasteiger partial charge in [-0.15, -0.1) is 0 Å². The highest BCUT2D eigenvalue weighted by atomic mass is 16.2. The molecule has 0 saturated carbocycles. The average molecular weight is 354 g/mol. The molecule has 2 amide bonds. The smallest absolute Gasteiger partial charge is 0.317 e. The number of aromatic nitrogens is 1. The second-order valence-electron chi connectivity index (χ2n) is 7.26. The third kappa shape index (κ3) is 3.46. The zero-order valence-corrected chi connectivity index (χ0v) is 15.1. The third-order valence-electron chi connectivity index (χ3n) is 5.55. The molecule has 6 nitrogen and oxygen atoms in total. The minimum atomic E-state index is -0.0428. The van der Waals surface area contributed by atoms with Gasteiger partial charge in [-0.25, -0.2) is 4.79 Å². The van der Waals surface area contributed by atoms with Gasteiger partial charge < -0.3 is 20.1 Å². The van der Waals surface area contributed by atoms with Crippen LogP contribution in [0.1, 0.15) is 30.5 Å². The Hall–Kier alpha value is -2.34. The SMILES string of the molecule is O=C(NCCN1CCCCC1)N1CCc2[nH]c(=O)c3ccccc3c2C1. The normalized spacial score (nSPS) is 17.9. The maximum atomic E-state index is 12.6. The van der Waals surface area contributed by atoms with E-state index in [0.717, 1.165) is 36.3 Å². The van der Waals surface area contributed by atoms with E-state index in [2.05, 4.69) is 15.2 Å². The van der Waals surface area contributed by atoms with Gasteiger partial charge in [-0.05, 0) is 42.9 Å². The summed E-state index contributed by atoms with van der Waals surface area (Å²) in [5, 5.41) is 4.71. The number of benzene rings is 1. The molecule has 0 radical (unpaired) electrons. The number of nitrogens with zero attached hydrogens (tertiary/aromatic N) is 2. The van der Waals surface area contributed by atoms with Crippen molar-refractivity contribution in [2.75, 3.05) is 32.7 Å². The van der Waals surface area contributed by atoms with Crippen molar-refractivity contribution in [3.63, 3.8) is 0 Å². The number of amides is 2. The number of H-pyrrole nitrogens is 1. The summed E-state index contributed by atoms with van der Waals surface area (Å²) in [6.07, 6.45) is 4.55. The van der Waals surface area contributed by atoms with Crippen molar-refractivity contribution in [3.05, 3.63) is 45.9 Å². The zero-order valence-electron chi connectivity index (χ0n) is 15.1. The molecular weight excluding hydrogens is 328 g/mol. The standard InChI is InChI=1S/C20H26N4O2/c25-19-16-7-3-2-6-15(16)17-14-24(12-8-18(17)22-19)20(26)21-9-13-23-10-4-1-5-11-23/h2-3,6-7H,1,4-5,8-14H2,(H,21,26)(H,22,25). The van der Waals surface area contributed by atoms with E-state index < -0.39 is 0 Å². The molecule has 1 aromatic carbocycles. The summed E-state index contributed by atoms with van der Waals surface area (Å²) in [6.45, 7) is 5.08. The van der Waals surface area contributed by atoms with E-state index in [4.69, 9.17) is 0 Å². The lowest BCUT2D eigenvalue weighted by Gasteiger charge is -2.30. The molecule has 1 saturated heterocycles. The van der Waals surface area contributed by atoms with Crippen LogP contribution in [0.2, 0.25) is 0 Å². The van der Waals surface area contributed by atoms with E-state index in [1.54, 1.807) is 0 Å². The molecule has 2 aliphatic rings. The van der Waals surface area contributed by atoms with Crippen molar-refractivity contribution < 1.29 is 4.79 Å². The largest absolute Gasteiger partial charge is 0.337 e. The van der Waals surface area contributed by atoms with Crippen molar-refractivity contribution >= 4 is 16.8 Å². The third-order valence-corrected chi connectivity index (χ3v) is 5.55. The first kappa shape index (κ1) is 17.1. The molecule has 2 aliphatic heterocycles. The molecule has 0 atom stereocenters. The molecule has 1 fully saturated rings. The van der Waals surface area contributed by atoms with Crippen LogP contribution in [-0.4, -0.2) is 53.5 Å². The molecule has 138 valence electrons. The van der Waals surface area contributed by atoms with Crippen LogP contribution in [-0.2, 0) is 13.0 Å². The number of fused-ring (bicyclic) bond motifs is 3. The summed E-state index contributed by atoms with van der Waals surface area (Å²) in [5.41, 5.74) is 1.99. The number of piperidine rings is 1. The van der Waals surface area contributed by atoms with E-state index >= 15 is 0 Å². The predicted octanol–water partition coefficient (Wildman–Crippen LogP) is 2.08. The number of aromatic amines is 1. The number of pyridine rings is 1. The lowest BCUT2D eigenvalue weighted by Crippen LogP contribution is -2.46. The van der Waals surface area contributed by atoms with Crippen molar-refractivity contribution in [1.82, 2.24) is 20.1 Å². The van der Waals surface area contributed by atoms with E-state index in [-0.39, 0.29) is 11.6 Å². The Bertz CT molecular complexity index is 855. The Morgan fingerprint density at radius 3 is 2.65 bits per heavy atom. The Labute approximate surface area is 153 Å². The monoisotopic (exact) mass is 354 g/mol. The second-order valence-corrected chi connectivity index (χ2v) is 7.26. The molecule has 1 aromatic heterocycles. The summed E-state index contributed by atoms with van der Waals surface area (Å²) >= 11 is 0. The van der Waals surface area contributed by atoms with Gasteiger partial charge in [0.2, 0.25) is 0 Å². The Morgan fingerprint density at radius 2 is 1.85 bits per heavy atom. The lowest BCUT2D eigenvalue weighted by molar-refractivity contribution is 0.186. The van der Waals surface area contributed by atoms with Gasteiger partial charge in [-0.3, -0.25) is 4.79 Å². The highest BCUT2D eigenvalue weighted by molar-refractivity contribution is 5.86. The fraction of sp³-hybridized carbons (Fsp3) is 0.500. The number of likely N-dealkylation sites (tertiary alicyclic amines) is 1. The van der Waals surface area contributed by atoms with Gasteiger partial charge in [0.15, 0.2) is 0 Å². The number of nitrogens with one attached hydrogen (secondary N) is 2. The van der Waals surface area contributed by atoms with Crippen LogP contribution < -0.4 is 10.9 Å². The van der Waals surface area contributed by atoms with E-state index in [0.29, 0.717) is 31.4 Å². The van der Waals surface area contributed by atoms with Gasteiger partial charge in [-0.1, -0.05) is 24.6 Å². The molecule has 6 heteroatoms. The number of urea groups is 1. The number of carbonyl (C=O) groups excluding carboxylic acids is 1. The lowest BCUT2D eigenvalue weighted by atomic mass is 9.99. The summed E-state index contributed by atoms with van der Waals surface area (Å²) in [6, 6.07) is 7.62. The van der Waals surface area contributed by atoms with Gasteiger partial charge >= 0.3 is 6.03 Å². The number of rotatable bonds is 3. The van der Waals surface area contributed by atoms with Crippen LogP contribution in [0.3, 0.4) is 0 Å². The van der Waals surface area contributed by atoms with Crippen LogP contribution in [0.5, 0.6) is 0 Å². The van der Waals surface area contributed by atoms with Crippen molar-refractivity contribution in [2.45, 2.75) is 32.2 Å². The van der Waals surface area contributed by atoms with Gasteiger partial charge in [0, 0.05) is 43.7 Å². The Kier molecular flexibility index (Phi) is 4.93. The van der Waals surface area contributed by atoms with Crippen LogP contribution >= 0.6 is 0 Å². The number of hydrogen-bond acceptors (Lipinski definition) is 3. The van der Waals surface area contributed by atoms with Gasteiger partial charge in [0.05, 0.1) is 0 Å². The molecule has 3 heterocycles.